The Morgan fingerprint density at radius 2 is 2.25 bits per heavy atom. The first-order valence-corrected chi connectivity index (χ1v) is 5.61. The molecule has 2 aromatic heterocycles. The van der Waals surface area contributed by atoms with E-state index >= 15 is 0 Å². The first kappa shape index (κ1) is 10.9. The minimum Gasteiger partial charge on any atom is -0.330 e. The van der Waals surface area contributed by atoms with Gasteiger partial charge in [-0.3, -0.25) is 9.36 Å². The van der Waals surface area contributed by atoms with Gasteiger partial charge >= 0.3 is 0 Å². The van der Waals surface area contributed by atoms with Gasteiger partial charge in [0.1, 0.15) is 5.69 Å². The maximum atomic E-state index is 5.47. The van der Waals surface area contributed by atoms with Crippen molar-refractivity contribution in [2.24, 2.45) is 5.73 Å². The number of aromatic nitrogens is 4. The quantitative estimate of drug-likeness (QED) is 0.819. The first-order chi connectivity index (χ1) is 7.85. The Balaban J connectivity index is 2.18. The van der Waals surface area contributed by atoms with Gasteiger partial charge in [-0.1, -0.05) is 0 Å². The number of aryl methyl sites for hydroxylation is 2. The van der Waals surface area contributed by atoms with Gasteiger partial charge < -0.3 is 5.73 Å². The van der Waals surface area contributed by atoms with Crippen molar-refractivity contribution in [2.45, 2.75) is 26.4 Å². The molecule has 0 saturated heterocycles. The predicted molar refractivity (Wildman–Crippen MR) is 62.8 cm³/mol. The van der Waals surface area contributed by atoms with E-state index in [9.17, 15) is 0 Å². The Morgan fingerprint density at radius 3 is 3.00 bits per heavy atom. The lowest BCUT2D eigenvalue weighted by Crippen LogP contribution is -2.06. The van der Waals surface area contributed by atoms with Crippen molar-refractivity contribution in [1.29, 1.82) is 0 Å². The van der Waals surface area contributed by atoms with Gasteiger partial charge in [0.2, 0.25) is 0 Å². The summed E-state index contributed by atoms with van der Waals surface area (Å²) in [5, 5.41) is 8.73. The Hall–Kier alpha value is -1.62. The minimum absolute atomic E-state index is 0.697. The SMILES string of the molecule is CCn1nccc1-c1ccn(CCCN)n1. The van der Waals surface area contributed by atoms with Crippen LogP contribution in [-0.4, -0.2) is 26.1 Å². The standard InChI is InChI=1S/C11H17N5/c1-2-16-11(4-7-13-16)10-5-9-15(14-10)8-3-6-12/h4-5,7,9H,2-3,6,8,12H2,1H3. The van der Waals surface area contributed by atoms with Crippen LogP contribution in [-0.2, 0) is 13.1 Å². The summed E-state index contributed by atoms with van der Waals surface area (Å²) in [4.78, 5) is 0. The molecule has 0 aromatic carbocycles. The van der Waals surface area contributed by atoms with Crippen LogP contribution in [0.15, 0.2) is 24.5 Å². The summed E-state index contributed by atoms with van der Waals surface area (Å²) in [6.45, 7) is 4.50. The molecule has 5 nitrogen and oxygen atoms in total. The molecule has 0 bridgehead atoms. The zero-order chi connectivity index (χ0) is 11.4. The van der Waals surface area contributed by atoms with Crippen molar-refractivity contribution in [3.63, 3.8) is 0 Å². The summed E-state index contributed by atoms with van der Waals surface area (Å²) in [5.74, 6) is 0. The third-order valence-corrected chi connectivity index (χ3v) is 2.51. The lowest BCUT2D eigenvalue weighted by molar-refractivity contribution is 0.584. The van der Waals surface area contributed by atoms with E-state index in [1.54, 1.807) is 6.20 Å². The molecule has 0 unspecified atom stereocenters. The number of rotatable bonds is 5. The molecule has 5 heteroatoms. The molecule has 2 aromatic rings. The molecule has 0 atom stereocenters. The lowest BCUT2D eigenvalue weighted by Gasteiger charge is -2.01. The Bertz CT molecular complexity index is 443. The van der Waals surface area contributed by atoms with Crippen molar-refractivity contribution < 1.29 is 0 Å². The topological polar surface area (TPSA) is 61.7 Å². The molecule has 0 amide bonds. The fraction of sp³-hybridized carbons (Fsp3) is 0.455. The van der Waals surface area contributed by atoms with Crippen molar-refractivity contribution in [3.8, 4) is 11.4 Å². The summed E-state index contributed by atoms with van der Waals surface area (Å²) in [6, 6.07) is 4.00. The molecule has 0 spiro atoms. The highest BCUT2D eigenvalue weighted by atomic mass is 15.3. The van der Waals surface area contributed by atoms with Gasteiger partial charge in [0.25, 0.3) is 0 Å². The van der Waals surface area contributed by atoms with E-state index in [1.807, 2.05) is 27.7 Å². The molecule has 0 saturated carbocycles. The monoisotopic (exact) mass is 219 g/mol. The minimum atomic E-state index is 0.697. The van der Waals surface area contributed by atoms with Crippen molar-refractivity contribution in [2.75, 3.05) is 6.54 Å². The van der Waals surface area contributed by atoms with Crippen LogP contribution in [0.3, 0.4) is 0 Å². The van der Waals surface area contributed by atoms with Gasteiger partial charge in [-0.15, -0.1) is 0 Å². The molecule has 86 valence electrons. The highest BCUT2D eigenvalue weighted by Crippen LogP contribution is 2.16. The third-order valence-electron chi connectivity index (χ3n) is 2.51. The second kappa shape index (κ2) is 4.94. The molecule has 16 heavy (non-hydrogen) atoms. The van der Waals surface area contributed by atoms with E-state index < -0.39 is 0 Å². The average Bonchev–Trinajstić information content (AvgIpc) is 2.94. The Morgan fingerprint density at radius 1 is 1.38 bits per heavy atom. The molecule has 0 aliphatic heterocycles. The summed E-state index contributed by atoms with van der Waals surface area (Å²) >= 11 is 0. The number of nitrogens with two attached hydrogens (primary N) is 1. The molecule has 0 aliphatic rings. The van der Waals surface area contributed by atoms with Crippen LogP contribution in [0.2, 0.25) is 0 Å². The smallest absolute Gasteiger partial charge is 0.110 e. The van der Waals surface area contributed by atoms with Crippen molar-refractivity contribution >= 4 is 0 Å². The molecule has 2 heterocycles. The molecule has 2 rings (SSSR count). The van der Waals surface area contributed by atoms with E-state index in [1.165, 1.54) is 0 Å². The van der Waals surface area contributed by atoms with E-state index in [-0.39, 0.29) is 0 Å². The summed E-state index contributed by atoms with van der Waals surface area (Å²) in [6.07, 6.45) is 4.74. The average molecular weight is 219 g/mol. The number of hydrogen-bond donors (Lipinski definition) is 1. The van der Waals surface area contributed by atoms with E-state index in [0.29, 0.717) is 6.54 Å². The van der Waals surface area contributed by atoms with Gasteiger partial charge in [-0.2, -0.15) is 10.2 Å². The fourth-order valence-electron chi connectivity index (χ4n) is 1.68. The van der Waals surface area contributed by atoms with Crippen LogP contribution >= 0.6 is 0 Å². The molecular weight excluding hydrogens is 202 g/mol. The number of nitrogens with zero attached hydrogens (tertiary/aromatic N) is 4. The molecule has 0 fully saturated rings. The number of hydrogen-bond acceptors (Lipinski definition) is 3. The largest absolute Gasteiger partial charge is 0.330 e. The van der Waals surface area contributed by atoms with Crippen LogP contribution in [0.25, 0.3) is 11.4 Å². The second-order valence-electron chi connectivity index (χ2n) is 3.64. The molecule has 0 aliphatic carbocycles. The van der Waals surface area contributed by atoms with Crippen LogP contribution in [0, 0.1) is 0 Å². The summed E-state index contributed by atoms with van der Waals surface area (Å²) in [5.41, 5.74) is 7.50. The van der Waals surface area contributed by atoms with Crippen LogP contribution in [0.5, 0.6) is 0 Å². The lowest BCUT2D eigenvalue weighted by atomic mass is 10.3. The van der Waals surface area contributed by atoms with Crippen LogP contribution in [0.4, 0.5) is 0 Å². The first-order valence-electron chi connectivity index (χ1n) is 5.61. The van der Waals surface area contributed by atoms with Gasteiger partial charge in [0.15, 0.2) is 0 Å². The zero-order valence-corrected chi connectivity index (χ0v) is 9.50. The normalized spacial score (nSPS) is 10.9. The summed E-state index contributed by atoms with van der Waals surface area (Å²) in [7, 11) is 0. The van der Waals surface area contributed by atoms with E-state index in [0.717, 1.165) is 30.9 Å². The molecule has 0 radical (unpaired) electrons. The second-order valence-corrected chi connectivity index (χ2v) is 3.64. The highest BCUT2D eigenvalue weighted by molar-refractivity contribution is 5.53. The highest BCUT2D eigenvalue weighted by Gasteiger charge is 2.06. The maximum absolute atomic E-state index is 5.47. The van der Waals surface area contributed by atoms with Gasteiger partial charge in [0, 0.05) is 25.5 Å². The third kappa shape index (κ3) is 2.14. The predicted octanol–water partition coefficient (Wildman–Crippen LogP) is 1.12. The fourth-order valence-corrected chi connectivity index (χ4v) is 1.68. The van der Waals surface area contributed by atoms with Crippen LogP contribution in [0.1, 0.15) is 13.3 Å². The van der Waals surface area contributed by atoms with Crippen molar-refractivity contribution in [1.82, 2.24) is 19.6 Å². The van der Waals surface area contributed by atoms with Crippen molar-refractivity contribution in [3.05, 3.63) is 24.5 Å². The van der Waals surface area contributed by atoms with Gasteiger partial charge in [-0.05, 0) is 32.0 Å². The van der Waals surface area contributed by atoms with E-state index in [2.05, 4.69) is 17.1 Å². The van der Waals surface area contributed by atoms with E-state index in [4.69, 9.17) is 5.73 Å². The van der Waals surface area contributed by atoms with Crippen LogP contribution < -0.4 is 5.73 Å². The Labute approximate surface area is 94.9 Å². The summed E-state index contributed by atoms with van der Waals surface area (Å²) < 4.78 is 3.87. The van der Waals surface area contributed by atoms with Gasteiger partial charge in [0.05, 0.1) is 5.69 Å². The zero-order valence-electron chi connectivity index (χ0n) is 9.50. The van der Waals surface area contributed by atoms with Gasteiger partial charge in [-0.25, -0.2) is 0 Å². The Kier molecular flexibility index (Phi) is 3.36. The maximum Gasteiger partial charge on any atom is 0.110 e. The molecular formula is C11H17N5. The molecule has 2 N–H and O–H groups in total.